The second-order valence-corrected chi connectivity index (χ2v) is 5.85. The molecule has 0 aliphatic rings. The summed E-state index contributed by atoms with van der Waals surface area (Å²) >= 11 is 3.55. The Hall–Kier alpha value is -2.18. The summed E-state index contributed by atoms with van der Waals surface area (Å²) in [7, 11) is 6.40. The zero-order valence-corrected chi connectivity index (χ0v) is 16.3. The molecule has 0 unspecified atom stereocenters. The molecule has 6 heteroatoms. The first-order valence-corrected chi connectivity index (χ1v) is 8.32. The number of rotatable bonds is 8. The topological polar surface area (TPSA) is 46.2 Å². The Kier molecular flexibility index (Phi) is 7.16. The minimum Gasteiger partial charge on any atom is -0.493 e. The smallest absolute Gasteiger partial charge is 0.188 e. The lowest BCUT2D eigenvalue weighted by molar-refractivity contribution is 0.0491. The normalized spacial score (nSPS) is 10.8. The zero-order valence-electron chi connectivity index (χ0n) is 14.7. The van der Waals surface area contributed by atoms with Gasteiger partial charge in [0.25, 0.3) is 0 Å². The highest BCUT2D eigenvalue weighted by Crippen LogP contribution is 2.38. The van der Waals surface area contributed by atoms with E-state index in [4.69, 9.17) is 23.7 Å². The van der Waals surface area contributed by atoms with Crippen LogP contribution in [0.2, 0.25) is 0 Å². The highest BCUT2D eigenvalue weighted by Gasteiger charge is 2.12. The molecule has 2 rings (SSSR count). The van der Waals surface area contributed by atoms with Gasteiger partial charge in [-0.05, 0) is 35.9 Å². The Labute approximate surface area is 156 Å². The summed E-state index contributed by atoms with van der Waals surface area (Å²) in [5, 5.41) is 0. The predicted molar refractivity (Wildman–Crippen MR) is 102 cm³/mol. The van der Waals surface area contributed by atoms with Crippen LogP contribution < -0.4 is 18.9 Å². The first-order valence-electron chi connectivity index (χ1n) is 7.53. The summed E-state index contributed by atoms with van der Waals surface area (Å²) in [6.07, 6.45) is 3.91. The molecule has 0 aromatic heterocycles. The van der Waals surface area contributed by atoms with E-state index in [2.05, 4.69) is 15.9 Å². The highest BCUT2D eigenvalue weighted by molar-refractivity contribution is 9.10. The molecule has 0 bridgehead atoms. The SMILES string of the molecule is COCOc1ccc(Br)c(/C=C/c2ccc(OC)c(OC)c2)c1OC. The maximum absolute atomic E-state index is 5.55. The minimum atomic E-state index is 0.150. The Morgan fingerprint density at radius 1 is 0.840 bits per heavy atom. The molecule has 0 fully saturated rings. The van der Waals surface area contributed by atoms with Crippen molar-refractivity contribution >= 4 is 28.1 Å². The van der Waals surface area contributed by atoms with Crippen LogP contribution in [0.3, 0.4) is 0 Å². The lowest BCUT2D eigenvalue weighted by Gasteiger charge is -2.13. The molecule has 0 spiro atoms. The van der Waals surface area contributed by atoms with Gasteiger partial charge in [-0.25, -0.2) is 0 Å². The van der Waals surface area contributed by atoms with E-state index >= 15 is 0 Å². The van der Waals surface area contributed by atoms with Gasteiger partial charge < -0.3 is 23.7 Å². The van der Waals surface area contributed by atoms with Crippen molar-refractivity contribution in [2.75, 3.05) is 35.2 Å². The average molecular weight is 409 g/mol. The van der Waals surface area contributed by atoms with Crippen LogP contribution in [0.15, 0.2) is 34.8 Å². The van der Waals surface area contributed by atoms with Gasteiger partial charge in [0.05, 0.1) is 21.3 Å². The van der Waals surface area contributed by atoms with Gasteiger partial charge in [-0.1, -0.05) is 28.1 Å². The third-order valence-electron chi connectivity index (χ3n) is 3.49. The van der Waals surface area contributed by atoms with Crippen LogP contribution in [0.5, 0.6) is 23.0 Å². The number of methoxy groups -OCH3 is 4. The largest absolute Gasteiger partial charge is 0.493 e. The fourth-order valence-corrected chi connectivity index (χ4v) is 2.74. The molecule has 0 heterocycles. The van der Waals surface area contributed by atoms with Crippen LogP contribution in [0.4, 0.5) is 0 Å². The van der Waals surface area contributed by atoms with Crippen molar-refractivity contribution in [3.8, 4) is 23.0 Å². The van der Waals surface area contributed by atoms with E-state index < -0.39 is 0 Å². The van der Waals surface area contributed by atoms with Crippen molar-refractivity contribution in [3.63, 3.8) is 0 Å². The average Bonchev–Trinajstić information content (AvgIpc) is 2.65. The monoisotopic (exact) mass is 408 g/mol. The maximum atomic E-state index is 5.55. The van der Waals surface area contributed by atoms with Crippen LogP contribution in [0.25, 0.3) is 12.2 Å². The highest BCUT2D eigenvalue weighted by atomic mass is 79.9. The van der Waals surface area contributed by atoms with Crippen LogP contribution in [0.1, 0.15) is 11.1 Å². The first-order chi connectivity index (χ1) is 12.1. The number of hydrogen-bond acceptors (Lipinski definition) is 5. The molecule has 134 valence electrons. The van der Waals surface area contributed by atoms with E-state index in [9.17, 15) is 0 Å². The molecule has 0 saturated carbocycles. The summed E-state index contributed by atoms with van der Waals surface area (Å²) in [6.45, 7) is 0.150. The van der Waals surface area contributed by atoms with E-state index in [0.717, 1.165) is 15.6 Å². The summed E-state index contributed by atoms with van der Waals surface area (Å²) < 4.78 is 27.5. The molecular formula is C19H21BrO5. The van der Waals surface area contributed by atoms with Gasteiger partial charge in [-0.3, -0.25) is 0 Å². The van der Waals surface area contributed by atoms with E-state index in [1.807, 2.05) is 42.5 Å². The summed E-state index contributed by atoms with van der Waals surface area (Å²) in [5.41, 5.74) is 1.83. The fraction of sp³-hybridized carbons (Fsp3) is 0.263. The Bertz CT molecular complexity index is 743. The van der Waals surface area contributed by atoms with Crippen molar-refractivity contribution in [1.82, 2.24) is 0 Å². The van der Waals surface area contributed by atoms with Gasteiger partial charge in [0.15, 0.2) is 29.8 Å². The second-order valence-electron chi connectivity index (χ2n) is 4.99. The van der Waals surface area contributed by atoms with E-state index in [-0.39, 0.29) is 6.79 Å². The first kappa shape index (κ1) is 19.1. The van der Waals surface area contributed by atoms with Crippen molar-refractivity contribution in [2.24, 2.45) is 0 Å². The predicted octanol–water partition coefficient (Wildman–Crippen LogP) is 4.63. The van der Waals surface area contributed by atoms with Gasteiger partial charge in [0.2, 0.25) is 0 Å². The van der Waals surface area contributed by atoms with Crippen LogP contribution in [-0.2, 0) is 4.74 Å². The number of benzene rings is 2. The zero-order chi connectivity index (χ0) is 18.2. The molecule has 0 amide bonds. The minimum absolute atomic E-state index is 0.150. The summed E-state index contributed by atoms with van der Waals surface area (Å²) in [6, 6.07) is 9.45. The Balaban J connectivity index is 2.37. The number of ether oxygens (including phenoxy) is 5. The third-order valence-corrected chi connectivity index (χ3v) is 4.18. The van der Waals surface area contributed by atoms with E-state index in [1.165, 1.54) is 0 Å². The van der Waals surface area contributed by atoms with Crippen molar-refractivity contribution in [2.45, 2.75) is 0 Å². The van der Waals surface area contributed by atoms with Crippen LogP contribution in [-0.4, -0.2) is 35.2 Å². The Morgan fingerprint density at radius 3 is 2.20 bits per heavy atom. The quantitative estimate of drug-likeness (QED) is 0.470. The molecule has 0 N–H and O–H groups in total. The van der Waals surface area contributed by atoms with E-state index in [0.29, 0.717) is 23.0 Å². The number of halogens is 1. The van der Waals surface area contributed by atoms with Gasteiger partial charge >= 0.3 is 0 Å². The van der Waals surface area contributed by atoms with Gasteiger partial charge in [-0.2, -0.15) is 0 Å². The molecular weight excluding hydrogens is 388 g/mol. The molecule has 0 aliphatic heterocycles. The molecule has 0 atom stereocenters. The Morgan fingerprint density at radius 2 is 1.56 bits per heavy atom. The van der Waals surface area contributed by atoms with Gasteiger partial charge in [0.1, 0.15) is 0 Å². The number of hydrogen-bond donors (Lipinski definition) is 0. The molecule has 0 radical (unpaired) electrons. The third kappa shape index (κ3) is 4.67. The van der Waals surface area contributed by atoms with Crippen molar-refractivity contribution in [3.05, 3.63) is 45.9 Å². The van der Waals surface area contributed by atoms with E-state index in [1.54, 1.807) is 28.4 Å². The van der Waals surface area contributed by atoms with Gasteiger partial charge in [-0.15, -0.1) is 0 Å². The lowest BCUT2D eigenvalue weighted by Crippen LogP contribution is -2.01. The fourth-order valence-electron chi connectivity index (χ4n) is 2.29. The molecule has 5 nitrogen and oxygen atoms in total. The van der Waals surface area contributed by atoms with Gasteiger partial charge in [0, 0.05) is 17.1 Å². The summed E-state index contributed by atoms with van der Waals surface area (Å²) in [5.74, 6) is 2.60. The van der Waals surface area contributed by atoms with Crippen molar-refractivity contribution in [1.29, 1.82) is 0 Å². The van der Waals surface area contributed by atoms with Crippen LogP contribution in [0, 0.1) is 0 Å². The standard InChI is InChI=1S/C19H21BrO5/c1-21-12-25-17-10-8-15(20)14(19(17)24-4)7-5-13-6-9-16(22-2)18(11-13)23-3/h5-11H,12H2,1-4H3/b7-5+. The van der Waals surface area contributed by atoms with Crippen LogP contribution >= 0.6 is 15.9 Å². The summed E-state index contributed by atoms with van der Waals surface area (Å²) in [4.78, 5) is 0. The molecule has 0 saturated heterocycles. The molecule has 2 aromatic carbocycles. The van der Waals surface area contributed by atoms with Crippen molar-refractivity contribution < 1.29 is 23.7 Å². The molecule has 2 aromatic rings. The maximum Gasteiger partial charge on any atom is 0.188 e. The lowest BCUT2D eigenvalue weighted by atomic mass is 10.1. The molecule has 0 aliphatic carbocycles. The second kappa shape index (κ2) is 9.34. The molecule has 25 heavy (non-hydrogen) atoms.